The van der Waals surface area contributed by atoms with Crippen LogP contribution in [-0.2, 0) is 24.3 Å². The topological polar surface area (TPSA) is 102 Å². The fourth-order valence-electron chi connectivity index (χ4n) is 1.92. The van der Waals surface area contributed by atoms with Gasteiger partial charge >= 0.3 is 5.97 Å². The summed E-state index contributed by atoms with van der Waals surface area (Å²) in [7, 11) is -2.66. The van der Waals surface area contributed by atoms with Crippen LogP contribution in [0.25, 0.3) is 0 Å². The number of carbonyl (C=O) groups is 2. The molecule has 0 fully saturated rings. The van der Waals surface area contributed by atoms with Gasteiger partial charge in [-0.3, -0.25) is 9.59 Å². The molecule has 0 aliphatic rings. The minimum atomic E-state index is -3.88. The van der Waals surface area contributed by atoms with Crippen molar-refractivity contribution < 1.29 is 22.7 Å². The van der Waals surface area contributed by atoms with E-state index in [-0.39, 0.29) is 16.7 Å². The van der Waals surface area contributed by atoms with Gasteiger partial charge in [-0.25, -0.2) is 8.42 Å². The average molecular weight is 342 g/mol. The number of benzene rings is 1. The number of rotatable bonds is 7. The first kappa shape index (κ1) is 19.1. The van der Waals surface area contributed by atoms with Crippen LogP contribution in [0.5, 0.6) is 0 Å². The second-order valence-corrected chi connectivity index (χ2v) is 6.93. The Hall–Kier alpha value is -1.93. The highest BCUT2D eigenvalue weighted by atomic mass is 32.2. The molecular formula is C15H22N2O5S. The maximum absolute atomic E-state index is 12.4. The minimum Gasteiger partial charge on any atom is -0.468 e. The number of amides is 1. The molecule has 0 saturated heterocycles. The van der Waals surface area contributed by atoms with Crippen LogP contribution in [0.2, 0.25) is 0 Å². The highest BCUT2D eigenvalue weighted by molar-refractivity contribution is 7.89. The fraction of sp³-hybridized carbons (Fsp3) is 0.467. The molecule has 0 bridgehead atoms. The molecule has 0 aliphatic carbocycles. The first-order chi connectivity index (χ1) is 10.7. The molecule has 7 nitrogen and oxygen atoms in total. The molecule has 1 amide bonds. The average Bonchev–Trinajstić information content (AvgIpc) is 2.51. The van der Waals surface area contributed by atoms with Gasteiger partial charge in [0.25, 0.3) is 0 Å². The molecule has 0 heterocycles. The Kier molecular flexibility index (Phi) is 6.71. The molecule has 0 spiro atoms. The number of hydrogen-bond acceptors (Lipinski definition) is 5. The van der Waals surface area contributed by atoms with Gasteiger partial charge in [-0.05, 0) is 30.2 Å². The van der Waals surface area contributed by atoms with E-state index in [0.29, 0.717) is 12.1 Å². The fourth-order valence-corrected chi connectivity index (χ4v) is 3.21. The zero-order chi connectivity index (χ0) is 17.6. The predicted octanol–water partition coefficient (Wildman–Crippen LogP) is 1.51. The standard InChI is InChI=1S/C15H22N2O5S/c1-5-10(2)14(15(19)22-4)17-23(20,21)13-8-6-12(7-9-13)16-11(3)18/h6-10,14,17H,5H2,1-4H3,(H,16,18)/t10-,14+/m1/s1. The van der Waals surface area contributed by atoms with Gasteiger partial charge in [0.1, 0.15) is 6.04 Å². The van der Waals surface area contributed by atoms with Crippen molar-refractivity contribution in [1.82, 2.24) is 4.72 Å². The van der Waals surface area contributed by atoms with Crippen molar-refractivity contribution in [3.63, 3.8) is 0 Å². The van der Waals surface area contributed by atoms with Crippen molar-refractivity contribution in [3.05, 3.63) is 24.3 Å². The van der Waals surface area contributed by atoms with E-state index in [1.165, 1.54) is 38.3 Å². The first-order valence-electron chi connectivity index (χ1n) is 7.19. The molecule has 1 aromatic carbocycles. The van der Waals surface area contributed by atoms with Gasteiger partial charge in [0.15, 0.2) is 0 Å². The number of hydrogen-bond donors (Lipinski definition) is 2. The summed E-state index contributed by atoms with van der Waals surface area (Å²) >= 11 is 0. The molecule has 0 unspecified atom stereocenters. The molecule has 2 N–H and O–H groups in total. The Labute approximate surface area is 136 Å². The lowest BCUT2D eigenvalue weighted by atomic mass is 10.0. The molecule has 128 valence electrons. The summed E-state index contributed by atoms with van der Waals surface area (Å²) in [6.45, 7) is 4.99. The lowest BCUT2D eigenvalue weighted by molar-refractivity contribution is -0.143. The van der Waals surface area contributed by atoms with Crippen LogP contribution in [0.15, 0.2) is 29.2 Å². The Bertz CT molecular complexity index is 655. The van der Waals surface area contributed by atoms with E-state index in [1.807, 2.05) is 6.92 Å². The van der Waals surface area contributed by atoms with Crippen molar-refractivity contribution in [1.29, 1.82) is 0 Å². The van der Waals surface area contributed by atoms with Gasteiger partial charge in [-0.1, -0.05) is 20.3 Å². The third-order valence-corrected chi connectivity index (χ3v) is 4.89. The summed E-state index contributed by atoms with van der Waals surface area (Å²) in [6, 6.07) is 4.72. The van der Waals surface area contributed by atoms with Crippen LogP contribution in [0, 0.1) is 5.92 Å². The number of sulfonamides is 1. The van der Waals surface area contributed by atoms with Crippen molar-refractivity contribution >= 4 is 27.6 Å². The van der Waals surface area contributed by atoms with E-state index < -0.39 is 22.0 Å². The van der Waals surface area contributed by atoms with Gasteiger partial charge in [0.2, 0.25) is 15.9 Å². The smallest absolute Gasteiger partial charge is 0.324 e. The molecule has 8 heteroatoms. The van der Waals surface area contributed by atoms with E-state index in [4.69, 9.17) is 0 Å². The van der Waals surface area contributed by atoms with Crippen LogP contribution in [-0.4, -0.2) is 33.4 Å². The number of methoxy groups -OCH3 is 1. The van der Waals surface area contributed by atoms with E-state index in [2.05, 4.69) is 14.8 Å². The third-order valence-electron chi connectivity index (χ3n) is 3.44. The van der Waals surface area contributed by atoms with E-state index >= 15 is 0 Å². The second-order valence-electron chi connectivity index (χ2n) is 5.21. The maximum Gasteiger partial charge on any atom is 0.324 e. The molecule has 0 aliphatic heterocycles. The second kappa shape index (κ2) is 8.07. The van der Waals surface area contributed by atoms with Gasteiger partial charge in [-0.2, -0.15) is 4.72 Å². The van der Waals surface area contributed by atoms with Crippen molar-refractivity contribution in [2.75, 3.05) is 12.4 Å². The highest BCUT2D eigenvalue weighted by Crippen LogP contribution is 2.17. The molecule has 1 aromatic rings. The van der Waals surface area contributed by atoms with Crippen LogP contribution in [0.4, 0.5) is 5.69 Å². The van der Waals surface area contributed by atoms with Crippen LogP contribution in [0.3, 0.4) is 0 Å². The molecule has 23 heavy (non-hydrogen) atoms. The number of esters is 1. The van der Waals surface area contributed by atoms with Crippen molar-refractivity contribution in [3.8, 4) is 0 Å². The lowest BCUT2D eigenvalue weighted by Gasteiger charge is -2.21. The monoisotopic (exact) mass is 342 g/mol. The molecule has 0 saturated carbocycles. The van der Waals surface area contributed by atoms with E-state index in [9.17, 15) is 18.0 Å². The number of nitrogens with one attached hydrogen (secondary N) is 2. The Morgan fingerprint density at radius 3 is 2.22 bits per heavy atom. The number of carbonyl (C=O) groups excluding carboxylic acids is 2. The Balaban J connectivity index is 3.00. The number of ether oxygens (including phenoxy) is 1. The lowest BCUT2D eigenvalue weighted by Crippen LogP contribution is -2.45. The summed E-state index contributed by atoms with van der Waals surface area (Å²) in [5.41, 5.74) is 0.489. The molecule has 1 rings (SSSR count). The minimum absolute atomic E-state index is 0.00353. The summed E-state index contributed by atoms with van der Waals surface area (Å²) in [6.07, 6.45) is 0.615. The predicted molar refractivity (Wildman–Crippen MR) is 86.3 cm³/mol. The van der Waals surface area contributed by atoms with Gasteiger partial charge in [-0.15, -0.1) is 0 Å². The van der Waals surface area contributed by atoms with Gasteiger partial charge in [0, 0.05) is 12.6 Å². The molecule has 0 radical (unpaired) electrons. The van der Waals surface area contributed by atoms with Crippen LogP contribution in [0.1, 0.15) is 27.2 Å². The number of anilines is 1. The zero-order valence-corrected chi connectivity index (χ0v) is 14.4. The Morgan fingerprint density at radius 2 is 1.78 bits per heavy atom. The van der Waals surface area contributed by atoms with E-state index in [1.54, 1.807) is 6.92 Å². The van der Waals surface area contributed by atoms with E-state index in [0.717, 1.165) is 0 Å². The van der Waals surface area contributed by atoms with Crippen molar-refractivity contribution in [2.45, 2.75) is 38.1 Å². The van der Waals surface area contributed by atoms with Gasteiger partial charge in [0.05, 0.1) is 12.0 Å². The highest BCUT2D eigenvalue weighted by Gasteiger charge is 2.30. The van der Waals surface area contributed by atoms with Crippen LogP contribution < -0.4 is 10.0 Å². The van der Waals surface area contributed by atoms with Gasteiger partial charge < -0.3 is 10.1 Å². The third kappa shape index (κ3) is 5.33. The summed E-state index contributed by atoms with van der Waals surface area (Å²) < 4.78 is 31.9. The summed E-state index contributed by atoms with van der Waals surface area (Å²) in [5.74, 6) is -1.09. The quantitative estimate of drug-likeness (QED) is 0.731. The molecule has 2 atom stereocenters. The van der Waals surface area contributed by atoms with Crippen molar-refractivity contribution in [2.24, 2.45) is 5.92 Å². The molecular weight excluding hydrogens is 320 g/mol. The first-order valence-corrected chi connectivity index (χ1v) is 8.67. The summed E-state index contributed by atoms with van der Waals surface area (Å²) in [5, 5.41) is 2.55. The van der Waals surface area contributed by atoms with Crippen LogP contribution >= 0.6 is 0 Å². The maximum atomic E-state index is 12.4. The summed E-state index contributed by atoms with van der Waals surface area (Å²) in [4.78, 5) is 22.8. The zero-order valence-electron chi connectivity index (χ0n) is 13.6. The normalized spacial score (nSPS) is 13.9. The SMILES string of the molecule is CC[C@@H](C)[C@H](NS(=O)(=O)c1ccc(NC(C)=O)cc1)C(=O)OC. The largest absolute Gasteiger partial charge is 0.468 e. The Morgan fingerprint density at radius 1 is 1.22 bits per heavy atom. The molecule has 0 aromatic heterocycles.